The molecule has 8 heteroatoms. The molecule has 4 rings (SSSR count). The van der Waals surface area contributed by atoms with E-state index in [1.165, 1.54) is 0 Å². The van der Waals surface area contributed by atoms with Gasteiger partial charge in [0.15, 0.2) is 15.0 Å². The third-order valence-electron chi connectivity index (χ3n) is 5.35. The SMILES string of the molecule is COc1cccc(Cc2csc(N3CCC(S(=O)(=O)c4ccccc4Br)CC3)n2)c1. The lowest BCUT2D eigenvalue weighted by Crippen LogP contribution is -2.39. The molecule has 0 bridgehead atoms. The van der Waals surface area contributed by atoms with Crippen molar-refractivity contribution in [3.63, 3.8) is 0 Å². The molecule has 30 heavy (non-hydrogen) atoms. The van der Waals surface area contributed by atoms with E-state index in [2.05, 4.69) is 32.3 Å². The number of halogens is 1. The third-order valence-corrected chi connectivity index (χ3v) is 9.58. The van der Waals surface area contributed by atoms with Crippen molar-refractivity contribution in [2.75, 3.05) is 25.1 Å². The molecule has 1 fully saturated rings. The Kier molecular flexibility index (Phi) is 6.46. The van der Waals surface area contributed by atoms with E-state index < -0.39 is 9.84 Å². The molecule has 1 saturated heterocycles. The summed E-state index contributed by atoms with van der Waals surface area (Å²) in [7, 11) is -1.68. The van der Waals surface area contributed by atoms with Gasteiger partial charge in [0.1, 0.15) is 5.75 Å². The standard InChI is InChI=1S/C22H23BrN2O3S2/c1-28-18-6-4-5-16(14-18)13-17-15-29-22(24-17)25-11-9-19(10-12-25)30(26,27)21-8-3-2-7-20(21)23/h2-8,14-15,19H,9-13H2,1H3. The summed E-state index contributed by atoms with van der Waals surface area (Å²) in [5, 5.41) is 2.69. The molecule has 0 atom stereocenters. The zero-order valence-electron chi connectivity index (χ0n) is 16.6. The van der Waals surface area contributed by atoms with Crippen molar-refractivity contribution in [3.8, 4) is 5.75 Å². The minimum atomic E-state index is -3.34. The number of hydrogen-bond acceptors (Lipinski definition) is 6. The Morgan fingerprint density at radius 3 is 2.67 bits per heavy atom. The topological polar surface area (TPSA) is 59.5 Å². The lowest BCUT2D eigenvalue weighted by Gasteiger charge is -2.31. The molecule has 5 nitrogen and oxygen atoms in total. The van der Waals surface area contributed by atoms with Gasteiger partial charge >= 0.3 is 0 Å². The van der Waals surface area contributed by atoms with Gasteiger partial charge in [0.25, 0.3) is 0 Å². The van der Waals surface area contributed by atoms with Crippen LogP contribution < -0.4 is 9.64 Å². The largest absolute Gasteiger partial charge is 0.497 e. The van der Waals surface area contributed by atoms with Crippen LogP contribution in [-0.4, -0.2) is 38.9 Å². The molecule has 0 radical (unpaired) electrons. The third kappa shape index (κ3) is 4.55. The van der Waals surface area contributed by atoms with E-state index in [-0.39, 0.29) is 5.25 Å². The minimum Gasteiger partial charge on any atom is -0.497 e. The number of methoxy groups -OCH3 is 1. The summed E-state index contributed by atoms with van der Waals surface area (Å²) in [5.41, 5.74) is 2.18. The minimum absolute atomic E-state index is 0.358. The quantitative estimate of drug-likeness (QED) is 0.473. The predicted molar refractivity (Wildman–Crippen MR) is 124 cm³/mol. The van der Waals surface area contributed by atoms with Crippen molar-refractivity contribution in [3.05, 3.63) is 69.6 Å². The average Bonchev–Trinajstić information content (AvgIpc) is 3.22. The first-order chi connectivity index (χ1) is 14.5. The van der Waals surface area contributed by atoms with Crippen LogP contribution in [0.2, 0.25) is 0 Å². The van der Waals surface area contributed by atoms with Gasteiger partial charge in [-0.05, 0) is 58.6 Å². The van der Waals surface area contributed by atoms with E-state index in [1.807, 2.05) is 24.3 Å². The normalized spacial score (nSPS) is 15.3. The molecule has 0 amide bonds. The number of nitrogens with zero attached hydrogens (tertiary/aromatic N) is 2. The number of anilines is 1. The molecule has 158 valence electrons. The van der Waals surface area contributed by atoms with Crippen molar-refractivity contribution < 1.29 is 13.2 Å². The average molecular weight is 507 g/mol. The molecule has 0 unspecified atom stereocenters. The zero-order chi connectivity index (χ0) is 21.1. The smallest absolute Gasteiger partial charge is 0.185 e. The molecular formula is C22H23BrN2O3S2. The van der Waals surface area contributed by atoms with E-state index in [0.29, 0.717) is 35.3 Å². The van der Waals surface area contributed by atoms with Gasteiger partial charge < -0.3 is 9.64 Å². The van der Waals surface area contributed by atoms with Crippen molar-refractivity contribution in [2.45, 2.75) is 29.4 Å². The Bertz CT molecular complexity index is 1120. The first-order valence-electron chi connectivity index (χ1n) is 9.78. The Morgan fingerprint density at radius 1 is 1.17 bits per heavy atom. The highest BCUT2D eigenvalue weighted by Gasteiger charge is 2.33. The van der Waals surface area contributed by atoms with Gasteiger partial charge in [0, 0.05) is 29.4 Å². The summed E-state index contributed by atoms with van der Waals surface area (Å²) >= 11 is 5.00. The van der Waals surface area contributed by atoms with E-state index in [4.69, 9.17) is 9.72 Å². The fourth-order valence-corrected chi connectivity index (χ4v) is 7.37. The molecular weight excluding hydrogens is 484 g/mol. The predicted octanol–water partition coefficient (Wildman–Crippen LogP) is 4.95. The lowest BCUT2D eigenvalue weighted by molar-refractivity contribution is 0.414. The highest BCUT2D eigenvalue weighted by molar-refractivity contribution is 9.10. The van der Waals surface area contributed by atoms with Crippen LogP contribution in [0.15, 0.2) is 63.3 Å². The number of hydrogen-bond donors (Lipinski definition) is 0. The number of ether oxygens (including phenoxy) is 1. The molecule has 3 aromatic rings. The maximum atomic E-state index is 13.0. The molecule has 0 saturated carbocycles. The van der Waals surface area contributed by atoms with Crippen LogP contribution in [0, 0.1) is 0 Å². The molecule has 2 heterocycles. The number of rotatable bonds is 6. The highest BCUT2D eigenvalue weighted by Crippen LogP contribution is 2.32. The summed E-state index contributed by atoms with van der Waals surface area (Å²) < 4.78 is 32.0. The molecule has 1 aromatic heterocycles. The van der Waals surface area contributed by atoms with Gasteiger partial charge in [0.05, 0.1) is 22.9 Å². The van der Waals surface area contributed by atoms with Crippen molar-refractivity contribution in [1.82, 2.24) is 4.98 Å². The molecule has 0 N–H and O–H groups in total. The van der Waals surface area contributed by atoms with Crippen molar-refractivity contribution >= 4 is 42.2 Å². The first-order valence-corrected chi connectivity index (χ1v) is 13.0. The maximum Gasteiger partial charge on any atom is 0.185 e. The fraction of sp³-hybridized carbons (Fsp3) is 0.318. The van der Waals surface area contributed by atoms with Crippen LogP contribution in [0.25, 0.3) is 0 Å². The van der Waals surface area contributed by atoms with E-state index >= 15 is 0 Å². The Hall–Kier alpha value is -1.90. The van der Waals surface area contributed by atoms with E-state index in [1.54, 1.807) is 36.6 Å². The van der Waals surface area contributed by atoms with Crippen molar-refractivity contribution in [1.29, 1.82) is 0 Å². The van der Waals surface area contributed by atoms with Crippen LogP contribution >= 0.6 is 27.3 Å². The van der Waals surface area contributed by atoms with Gasteiger partial charge in [-0.25, -0.2) is 13.4 Å². The monoisotopic (exact) mass is 506 g/mol. The first kappa shape index (κ1) is 21.3. The van der Waals surface area contributed by atoms with Crippen LogP contribution in [0.1, 0.15) is 24.1 Å². The van der Waals surface area contributed by atoms with E-state index in [9.17, 15) is 8.42 Å². The number of sulfone groups is 1. The molecule has 1 aliphatic heterocycles. The summed E-state index contributed by atoms with van der Waals surface area (Å²) in [4.78, 5) is 7.38. The zero-order valence-corrected chi connectivity index (χ0v) is 19.8. The fourth-order valence-electron chi connectivity index (χ4n) is 3.73. The second-order valence-electron chi connectivity index (χ2n) is 7.31. The summed E-state index contributed by atoms with van der Waals surface area (Å²) in [5.74, 6) is 0.844. The number of piperidine rings is 1. The second-order valence-corrected chi connectivity index (χ2v) is 11.2. The maximum absolute atomic E-state index is 13.0. The Morgan fingerprint density at radius 2 is 1.93 bits per heavy atom. The van der Waals surface area contributed by atoms with Gasteiger partial charge in [0.2, 0.25) is 0 Å². The molecule has 0 aliphatic carbocycles. The number of thiazole rings is 1. The molecule has 1 aliphatic rings. The van der Waals surface area contributed by atoms with Crippen molar-refractivity contribution in [2.24, 2.45) is 0 Å². The Balaban J connectivity index is 1.41. The van der Waals surface area contributed by atoms with Crippen LogP contribution in [0.3, 0.4) is 0 Å². The Labute approximate surface area is 189 Å². The molecule has 2 aromatic carbocycles. The number of aromatic nitrogens is 1. The van der Waals surface area contributed by atoms with E-state index in [0.717, 1.165) is 28.6 Å². The second kappa shape index (κ2) is 9.08. The van der Waals surface area contributed by atoms with Gasteiger partial charge in [-0.15, -0.1) is 11.3 Å². The number of benzene rings is 2. The van der Waals surface area contributed by atoms with Gasteiger partial charge in [-0.3, -0.25) is 0 Å². The van der Waals surface area contributed by atoms with Gasteiger partial charge in [-0.2, -0.15) is 0 Å². The van der Waals surface area contributed by atoms with Crippen LogP contribution in [0.4, 0.5) is 5.13 Å². The van der Waals surface area contributed by atoms with Crippen LogP contribution in [-0.2, 0) is 16.3 Å². The summed E-state index contributed by atoms with van der Waals surface area (Å²) in [6.45, 7) is 1.39. The molecule has 0 spiro atoms. The van der Waals surface area contributed by atoms with Gasteiger partial charge in [-0.1, -0.05) is 24.3 Å². The van der Waals surface area contributed by atoms with Crippen LogP contribution in [0.5, 0.6) is 5.75 Å². The highest BCUT2D eigenvalue weighted by atomic mass is 79.9. The summed E-state index contributed by atoms with van der Waals surface area (Å²) in [6, 6.07) is 15.1. The summed E-state index contributed by atoms with van der Waals surface area (Å²) in [6.07, 6.45) is 1.96. The lowest BCUT2D eigenvalue weighted by atomic mass is 10.1.